The smallest absolute Gasteiger partial charge is 0.412 e. The Morgan fingerprint density at radius 2 is 2.11 bits per heavy atom. The third-order valence-corrected chi connectivity index (χ3v) is 2.60. The number of ether oxygens (including phenoxy) is 1. The zero-order chi connectivity index (χ0) is 14.6. The van der Waals surface area contributed by atoms with Gasteiger partial charge in [0.25, 0.3) is 0 Å². The monoisotopic (exact) mass is 284 g/mol. The van der Waals surface area contributed by atoms with Crippen LogP contribution in [0.25, 0.3) is 0 Å². The summed E-state index contributed by atoms with van der Waals surface area (Å²) in [6.45, 7) is 7.35. The minimum absolute atomic E-state index is 0.00859. The largest absolute Gasteiger partial charge is 0.444 e. The molecule has 3 N–H and O–H groups in total. The van der Waals surface area contributed by atoms with E-state index in [1.807, 2.05) is 33.8 Å². The van der Waals surface area contributed by atoms with Gasteiger partial charge >= 0.3 is 6.09 Å². The van der Waals surface area contributed by atoms with Crippen molar-refractivity contribution in [2.45, 2.75) is 45.8 Å². The number of anilines is 1. The van der Waals surface area contributed by atoms with Gasteiger partial charge < -0.3 is 10.5 Å². The van der Waals surface area contributed by atoms with Gasteiger partial charge in [0.05, 0.1) is 0 Å². The molecule has 1 atom stereocenters. The van der Waals surface area contributed by atoms with Gasteiger partial charge in [0.1, 0.15) is 5.60 Å². The highest BCUT2D eigenvalue weighted by atomic mass is 35.5. The predicted octanol–water partition coefficient (Wildman–Crippen LogP) is 3.58. The molecule has 1 rings (SSSR count). The lowest BCUT2D eigenvalue weighted by Crippen LogP contribution is -2.27. The van der Waals surface area contributed by atoms with E-state index in [9.17, 15) is 4.79 Å². The normalized spacial score (nSPS) is 12.9. The van der Waals surface area contributed by atoms with Crippen molar-refractivity contribution in [1.29, 1.82) is 0 Å². The van der Waals surface area contributed by atoms with Crippen molar-refractivity contribution in [3.05, 3.63) is 28.8 Å². The SMILES string of the molecule is C[C@H](N)Cc1cc(NC(=O)OC(C)(C)C)ccc1Cl. The maximum atomic E-state index is 11.7. The summed E-state index contributed by atoms with van der Waals surface area (Å²) < 4.78 is 5.19. The third-order valence-electron chi connectivity index (χ3n) is 2.23. The van der Waals surface area contributed by atoms with Crippen LogP contribution in [0.5, 0.6) is 0 Å². The lowest BCUT2D eigenvalue weighted by Gasteiger charge is -2.20. The maximum absolute atomic E-state index is 11.7. The second-order valence-electron chi connectivity index (χ2n) is 5.61. The van der Waals surface area contributed by atoms with E-state index in [4.69, 9.17) is 22.1 Å². The molecule has 0 aromatic heterocycles. The van der Waals surface area contributed by atoms with Gasteiger partial charge in [-0.1, -0.05) is 11.6 Å². The molecule has 4 nitrogen and oxygen atoms in total. The molecule has 0 saturated carbocycles. The van der Waals surface area contributed by atoms with Crippen molar-refractivity contribution in [1.82, 2.24) is 0 Å². The number of hydrogen-bond donors (Lipinski definition) is 2. The summed E-state index contributed by atoms with van der Waals surface area (Å²) in [5.41, 5.74) is 6.79. The summed E-state index contributed by atoms with van der Waals surface area (Å²) >= 11 is 6.08. The van der Waals surface area contributed by atoms with Gasteiger partial charge in [-0.15, -0.1) is 0 Å². The van der Waals surface area contributed by atoms with Crippen molar-refractivity contribution < 1.29 is 9.53 Å². The molecule has 0 aliphatic rings. The van der Waals surface area contributed by atoms with E-state index in [-0.39, 0.29) is 6.04 Å². The minimum Gasteiger partial charge on any atom is -0.444 e. The molecule has 0 radical (unpaired) electrons. The number of nitrogens with one attached hydrogen (secondary N) is 1. The Balaban J connectivity index is 2.77. The maximum Gasteiger partial charge on any atom is 0.412 e. The first kappa shape index (κ1) is 15.8. The van der Waals surface area contributed by atoms with Gasteiger partial charge in [-0.3, -0.25) is 5.32 Å². The quantitative estimate of drug-likeness (QED) is 0.892. The summed E-state index contributed by atoms with van der Waals surface area (Å²) in [5.74, 6) is 0. The zero-order valence-electron chi connectivity index (χ0n) is 11.8. The van der Waals surface area contributed by atoms with E-state index in [2.05, 4.69) is 5.32 Å². The molecule has 0 fully saturated rings. The van der Waals surface area contributed by atoms with Crippen LogP contribution in [0.3, 0.4) is 0 Å². The van der Waals surface area contributed by atoms with E-state index < -0.39 is 11.7 Å². The number of hydrogen-bond acceptors (Lipinski definition) is 3. The fourth-order valence-electron chi connectivity index (χ4n) is 1.58. The number of rotatable bonds is 3. The Hall–Kier alpha value is -1.26. The van der Waals surface area contributed by atoms with Gasteiger partial charge in [-0.05, 0) is 57.9 Å². The Morgan fingerprint density at radius 1 is 1.47 bits per heavy atom. The molecule has 1 aromatic carbocycles. The van der Waals surface area contributed by atoms with Crippen LogP contribution >= 0.6 is 11.6 Å². The summed E-state index contributed by atoms with van der Waals surface area (Å²) in [6, 6.07) is 5.30. The van der Waals surface area contributed by atoms with Crippen LogP contribution in [-0.2, 0) is 11.2 Å². The molecule has 0 aliphatic carbocycles. The molecule has 0 unspecified atom stereocenters. The lowest BCUT2D eigenvalue weighted by molar-refractivity contribution is 0.0636. The second-order valence-corrected chi connectivity index (χ2v) is 6.02. The number of amides is 1. The molecule has 0 bridgehead atoms. The van der Waals surface area contributed by atoms with Crippen LogP contribution in [-0.4, -0.2) is 17.7 Å². The van der Waals surface area contributed by atoms with E-state index in [1.54, 1.807) is 12.1 Å². The summed E-state index contributed by atoms with van der Waals surface area (Å²) in [5, 5.41) is 3.32. The fraction of sp³-hybridized carbons (Fsp3) is 0.500. The molecule has 0 spiro atoms. The van der Waals surface area contributed by atoms with Crippen LogP contribution in [0.15, 0.2) is 18.2 Å². The third kappa shape index (κ3) is 5.94. The van der Waals surface area contributed by atoms with Crippen LogP contribution in [0.4, 0.5) is 10.5 Å². The lowest BCUT2D eigenvalue weighted by atomic mass is 10.1. The van der Waals surface area contributed by atoms with Crippen molar-refractivity contribution >= 4 is 23.4 Å². The fourth-order valence-corrected chi connectivity index (χ4v) is 1.77. The molecule has 1 amide bonds. The van der Waals surface area contributed by atoms with Crippen molar-refractivity contribution in [3.8, 4) is 0 Å². The minimum atomic E-state index is -0.523. The summed E-state index contributed by atoms with van der Waals surface area (Å²) in [7, 11) is 0. The molecular formula is C14H21ClN2O2. The Morgan fingerprint density at radius 3 is 2.63 bits per heavy atom. The molecule has 0 aliphatic heterocycles. The van der Waals surface area contributed by atoms with Gasteiger partial charge in [0, 0.05) is 16.8 Å². The number of benzene rings is 1. The number of carbonyl (C=O) groups is 1. The first-order valence-electron chi connectivity index (χ1n) is 6.21. The molecule has 1 aromatic rings. The topological polar surface area (TPSA) is 64.3 Å². The van der Waals surface area contributed by atoms with E-state index in [0.717, 1.165) is 5.56 Å². The zero-order valence-corrected chi connectivity index (χ0v) is 12.5. The van der Waals surface area contributed by atoms with Crippen LogP contribution in [0.2, 0.25) is 5.02 Å². The van der Waals surface area contributed by atoms with Crippen molar-refractivity contribution in [3.63, 3.8) is 0 Å². The average Bonchev–Trinajstić information content (AvgIpc) is 2.19. The molecule has 106 valence electrons. The van der Waals surface area contributed by atoms with Crippen LogP contribution in [0, 0.1) is 0 Å². The van der Waals surface area contributed by atoms with E-state index in [1.165, 1.54) is 0 Å². The van der Waals surface area contributed by atoms with Gasteiger partial charge in [-0.25, -0.2) is 4.79 Å². The highest BCUT2D eigenvalue weighted by molar-refractivity contribution is 6.31. The number of carbonyl (C=O) groups excluding carboxylic acids is 1. The molecule has 0 saturated heterocycles. The summed E-state index contributed by atoms with van der Waals surface area (Å²) in [6.07, 6.45) is 0.171. The predicted molar refractivity (Wildman–Crippen MR) is 78.7 cm³/mol. The van der Waals surface area contributed by atoms with E-state index >= 15 is 0 Å². The Kier molecular flexibility index (Phi) is 5.20. The first-order valence-corrected chi connectivity index (χ1v) is 6.59. The van der Waals surface area contributed by atoms with Crippen molar-refractivity contribution in [2.24, 2.45) is 5.73 Å². The van der Waals surface area contributed by atoms with Crippen LogP contribution < -0.4 is 11.1 Å². The molecule has 0 heterocycles. The summed E-state index contributed by atoms with van der Waals surface area (Å²) in [4.78, 5) is 11.7. The molecular weight excluding hydrogens is 264 g/mol. The molecule has 5 heteroatoms. The van der Waals surface area contributed by atoms with Gasteiger partial charge in [-0.2, -0.15) is 0 Å². The van der Waals surface area contributed by atoms with Gasteiger partial charge in [0.2, 0.25) is 0 Å². The first-order chi connectivity index (χ1) is 8.67. The molecule has 19 heavy (non-hydrogen) atoms. The average molecular weight is 285 g/mol. The van der Waals surface area contributed by atoms with E-state index in [0.29, 0.717) is 17.1 Å². The second kappa shape index (κ2) is 6.26. The van der Waals surface area contributed by atoms with Crippen molar-refractivity contribution in [2.75, 3.05) is 5.32 Å². The van der Waals surface area contributed by atoms with Gasteiger partial charge in [0.15, 0.2) is 0 Å². The number of halogens is 1. The Bertz CT molecular complexity index is 453. The standard InChI is InChI=1S/C14H21ClN2O2/c1-9(16)7-10-8-11(5-6-12(10)15)17-13(18)19-14(2,3)4/h5-6,8-9H,7,16H2,1-4H3,(H,17,18)/t9-/m0/s1. The highest BCUT2D eigenvalue weighted by Crippen LogP contribution is 2.22. The Labute approximate surface area is 119 Å². The number of nitrogens with two attached hydrogens (primary N) is 1. The highest BCUT2D eigenvalue weighted by Gasteiger charge is 2.16. The van der Waals surface area contributed by atoms with Crippen LogP contribution in [0.1, 0.15) is 33.3 Å².